The fourth-order valence-corrected chi connectivity index (χ4v) is 2.12. The minimum atomic E-state index is -0.189. The van der Waals surface area contributed by atoms with E-state index in [1.165, 1.54) is 17.3 Å². The van der Waals surface area contributed by atoms with Crippen molar-refractivity contribution < 1.29 is 4.79 Å². The number of aromatic nitrogens is 2. The third kappa shape index (κ3) is 5.96. The molecule has 0 spiro atoms. The number of amides is 1. The second-order valence-electron chi connectivity index (χ2n) is 6.04. The van der Waals surface area contributed by atoms with Crippen molar-refractivity contribution >= 4 is 11.7 Å². The maximum absolute atomic E-state index is 12.0. The van der Waals surface area contributed by atoms with Crippen molar-refractivity contribution in [3.05, 3.63) is 53.5 Å². The Morgan fingerprint density at radius 2 is 1.88 bits per heavy atom. The SMILES string of the molecule is Cc1ccc(CNc2cnc(C(=O)NCCCN(C)C)cn2)cc1. The van der Waals surface area contributed by atoms with E-state index in [-0.39, 0.29) is 5.91 Å². The molecule has 0 radical (unpaired) electrons. The van der Waals surface area contributed by atoms with E-state index in [2.05, 4.69) is 56.7 Å². The topological polar surface area (TPSA) is 70.2 Å². The van der Waals surface area contributed by atoms with E-state index < -0.39 is 0 Å². The first-order valence-electron chi connectivity index (χ1n) is 8.09. The van der Waals surface area contributed by atoms with Gasteiger partial charge in [-0.25, -0.2) is 9.97 Å². The van der Waals surface area contributed by atoms with Crippen molar-refractivity contribution in [1.29, 1.82) is 0 Å². The van der Waals surface area contributed by atoms with E-state index in [0.29, 0.717) is 24.6 Å². The number of nitrogens with one attached hydrogen (secondary N) is 2. The summed E-state index contributed by atoms with van der Waals surface area (Å²) in [6.07, 6.45) is 3.99. The molecule has 1 aromatic heterocycles. The molecular weight excluding hydrogens is 302 g/mol. The van der Waals surface area contributed by atoms with Gasteiger partial charge in [-0.2, -0.15) is 0 Å². The zero-order valence-electron chi connectivity index (χ0n) is 14.5. The van der Waals surface area contributed by atoms with Crippen LogP contribution in [0.3, 0.4) is 0 Å². The first kappa shape index (κ1) is 17.9. The first-order valence-corrected chi connectivity index (χ1v) is 8.09. The minimum absolute atomic E-state index is 0.189. The van der Waals surface area contributed by atoms with Crippen LogP contribution in [-0.2, 0) is 6.54 Å². The van der Waals surface area contributed by atoms with Gasteiger partial charge in [0, 0.05) is 13.1 Å². The molecule has 2 rings (SSSR count). The molecule has 6 nitrogen and oxygen atoms in total. The van der Waals surface area contributed by atoms with Crippen LogP contribution in [0.5, 0.6) is 0 Å². The molecule has 6 heteroatoms. The lowest BCUT2D eigenvalue weighted by Gasteiger charge is -2.10. The highest BCUT2D eigenvalue weighted by molar-refractivity contribution is 5.91. The molecule has 0 aliphatic carbocycles. The predicted octanol–water partition coefficient (Wildman–Crippen LogP) is 2.08. The highest BCUT2D eigenvalue weighted by Gasteiger charge is 2.07. The van der Waals surface area contributed by atoms with E-state index in [9.17, 15) is 4.79 Å². The summed E-state index contributed by atoms with van der Waals surface area (Å²) in [5.74, 6) is 0.464. The fraction of sp³-hybridized carbons (Fsp3) is 0.389. The second-order valence-corrected chi connectivity index (χ2v) is 6.04. The largest absolute Gasteiger partial charge is 0.365 e. The molecule has 1 aromatic carbocycles. The molecule has 2 N–H and O–H groups in total. The van der Waals surface area contributed by atoms with Gasteiger partial charge < -0.3 is 15.5 Å². The number of aryl methyl sites for hydroxylation is 1. The summed E-state index contributed by atoms with van der Waals surface area (Å²) in [5.41, 5.74) is 2.74. The molecule has 0 aliphatic rings. The van der Waals surface area contributed by atoms with Gasteiger partial charge in [0.25, 0.3) is 5.91 Å². The van der Waals surface area contributed by atoms with Crippen LogP contribution >= 0.6 is 0 Å². The Bertz CT molecular complexity index is 637. The Morgan fingerprint density at radius 1 is 1.12 bits per heavy atom. The molecule has 2 aromatic rings. The monoisotopic (exact) mass is 327 g/mol. The summed E-state index contributed by atoms with van der Waals surface area (Å²) in [6.45, 7) is 4.30. The Hall–Kier alpha value is -2.47. The molecule has 0 saturated heterocycles. The molecule has 0 fully saturated rings. The minimum Gasteiger partial charge on any atom is -0.365 e. The third-order valence-corrected chi connectivity index (χ3v) is 3.55. The zero-order valence-corrected chi connectivity index (χ0v) is 14.5. The van der Waals surface area contributed by atoms with Crippen molar-refractivity contribution in [2.75, 3.05) is 32.5 Å². The number of hydrogen-bond donors (Lipinski definition) is 2. The van der Waals surface area contributed by atoms with Crippen LogP contribution in [0.25, 0.3) is 0 Å². The van der Waals surface area contributed by atoms with Crippen LogP contribution in [0.15, 0.2) is 36.7 Å². The van der Waals surface area contributed by atoms with E-state index in [1.54, 1.807) is 6.20 Å². The van der Waals surface area contributed by atoms with Crippen LogP contribution in [0.2, 0.25) is 0 Å². The predicted molar refractivity (Wildman–Crippen MR) is 96.0 cm³/mol. The number of benzene rings is 1. The number of carbonyl (C=O) groups is 1. The number of hydrogen-bond acceptors (Lipinski definition) is 5. The molecule has 1 amide bonds. The van der Waals surface area contributed by atoms with Crippen molar-refractivity contribution in [2.45, 2.75) is 19.9 Å². The molecule has 128 valence electrons. The normalized spacial score (nSPS) is 10.7. The lowest BCUT2D eigenvalue weighted by Crippen LogP contribution is -2.27. The van der Waals surface area contributed by atoms with Gasteiger partial charge in [0.2, 0.25) is 0 Å². The first-order chi connectivity index (χ1) is 11.5. The summed E-state index contributed by atoms with van der Waals surface area (Å²) in [5, 5.41) is 6.05. The maximum atomic E-state index is 12.0. The Labute approximate surface area is 143 Å². The molecular formula is C18H25N5O. The van der Waals surface area contributed by atoms with Gasteiger partial charge >= 0.3 is 0 Å². The number of nitrogens with zero attached hydrogens (tertiary/aromatic N) is 3. The number of anilines is 1. The van der Waals surface area contributed by atoms with Crippen LogP contribution in [-0.4, -0.2) is 48.0 Å². The van der Waals surface area contributed by atoms with Crippen LogP contribution in [0, 0.1) is 6.92 Å². The fourth-order valence-electron chi connectivity index (χ4n) is 2.12. The maximum Gasteiger partial charge on any atom is 0.271 e. The summed E-state index contributed by atoms with van der Waals surface area (Å²) in [6, 6.07) is 8.30. The van der Waals surface area contributed by atoms with Crippen molar-refractivity contribution in [3.63, 3.8) is 0 Å². The van der Waals surface area contributed by atoms with Gasteiger partial charge in [0.1, 0.15) is 11.5 Å². The summed E-state index contributed by atoms with van der Waals surface area (Å²) in [4.78, 5) is 22.5. The highest BCUT2D eigenvalue weighted by Crippen LogP contribution is 2.07. The molecule has 0 bridgehead atoms. The van der Waals surface area contributed by atoms with E-state index >= 15 is 0 Å². The van der Waals surface area contributed by atoms with Crippen molar-refractivity contribution in [3.8, 4) is 0 Å². The molecule has 0 atom stereocenters. The third-order valence-electron chi connectivity index (χ3n) is 3.55. The van der Waals surface area contributed by atoms with Crippen molar-refractivity contribution in [1.82, 2.24) is 20.2 Å². The Morgan fingerprint density at radius 3 is 2.50 bits per heavy atom. The van der Waals surface area contributed by atoms with Crippen LogP contribution in [0.4, 0.5) is 5.82 Å². The van der Waals surface area contributed by atoms with Gasteiger partial charge in [0.15, 0.2) is 0 Å². The highest BCUT2D eigenvalue weighted by atomic mass is 16.1. The Kier molecular flexibility index (Phi) is 6.69. The lowest BCUT2D eigenvalue weighted by atomic mass is 10.1. The summed E-state index contributed by atoms with van der Waals surface area (Å²) >= 11 is 0. The van der Waals surface area contributed by atoms with Crippen LogP contribution in [0.1, 0.15) is 28.0 Å². The van der Waals surface area contributed by atoms with E-state index in [4.69, 9.17) is 0 Å². The van der Waals surface area contributed by atoms with Gasteiger partial charge in [-0.1, -0.05) is 29.8 Å². The number of rotatable bonds is 8. The Balaban J connectivity index is 1.79. The average Bonchev–Trinajstić information content (AvgIpc) is 2.58. The number of carbonyl (C=O) groups excluding carboxylic acids is 1. The smallest absolute Gasteiger partial charge is 0.271 e. The van der Waals surface area contributed by atoms with E-state index in [1.807, 2.05) is 14.1 Å². The molecule has 0 unspecified atom stereocenters. The average molecular weight is 327 g/mol. The van der Waals surface area contributed by atoms with Crippen LogP contribution < -0.4 is 10.6 Å². The molecule has 24 heavy (non-hydrogen) atoms. The lowest BCUT2D eigenvalue weighted by molar-refractivity contribution is 0.0947. The molecule has 0 saturated carbocycles. The quantitative estimate of drug-likeness (QED) is 0.727. The van der Waals surface area contributed by atoms with E-state index in [0.717, 1.165) is 13.0 Å². The summed E-state index contributed by atoms with van der Waals surface area (Å²) < 4.78 is 0. The molecule has 1 heterocycles. The van der Waals surface area contributed by atoms with Gasteiger partial charge in [-0.05, 0) is 39.5 Å². The van der Waals surface area contributed by atoms with Gasteiger partial charge in [-0.3, -0.25) is 4.79 Å². The zero-order chi connectivity index (χ0) is 17.4. The standard InChI is InChI=1S/C18H25N5O/c1-14-5-7-15(8-6-14)11-21-17-13-20-16(12-22-17)18(24)19-9-4-10-23(2)3/h5-8,12-13H,4,9-11H2,1-3H3,(H,19,24)(H,21,22). The molecule has 0 aliphatic heterocycles. The summed E-state index contributed by atoms with van der Waals surface area (Å²) in [7, 11) is 4.02. The van der Waals surface area contributed by atoms with Gasteiger partial charge in [0.05, 0.1) is 12.4 Å². The second kappa shape index (κ2) is 8.98. The van der Waals surface area contributed by atoms with Gasteiger partial charge in [-0.15, -0.1) is 0 Å². The van der Waals surface area contributed by atoms with Crippen molar-refractivity contribution in [2.24, 2.45) is 0 Å².